The molecule has 0 aromatic heterocycles. The SMILES string of the molecule is O=C1CP(Oc2cccc(OP3CC(=O)c4ccccc4O3)c2-c2c(OP3CC(=O)c4ccccc4O3)cccc2OP2CC(=O)c3ccccc3O2)Oc2ccccc21. The summed E-state index contributed by atoms with van der Waals surface area (Å²) in [5.74, 6) is 2.04. The lowest BCUT2D eigenvalue weighted by atomic mass is 10.0. The van der Waals surface area contributed by atoms with E-state index in [0.717, 1.165) is 0 Å². The van der Waals surface area contributed by atoms with Crippen LogP contribution in [-0.4, -0.2) is 47.8 Å². The summed E-state index contributed by atoms with van der Waals surface area (Å²) in [6, 6.07) is 38.2. The molecule has 0 bridgehead atoms. The minimum absolute atomic E-state index is 0.0270. The summed E-state index contributed by atoms with van der Waals surface area (Å²) in [7, 11) is -7.50. The van der Waals surface area contributed by atoms with Crippen LogP contribution in [0.15, 0.2) is 133 Å². The molecular formula is C44H30O12P4. The maximum atomic E-state index is 13.3. The number of hydrogen-bond acceptors (Lipinski definition) is 12. The number of benzene rings is 6. The van der Waals surface area contributed by atoms with Gasteiger partial charge in [-0.15, -0.1) is 0 Å². The molecule has 298 valence electrons. The fourth-order valence-electron chi connectivity index (χ4n) is 6.95. The van der Waals surface area contributed by atoms with Crippen molar-refractivity contribution >= 4 is 56.6 Å². The van der Waals surface area contributed by atoms with E-state index in [-0.39, 0.29) is 70.8 Å². The zero-order valence-electron chi connectivity index (χ0n) is 31.2. The predicted molar refractivity (Wildman–Crippen MR) is 227 cm³/mol. The smallest absolute Gasteiger partial charge is 0.298 e. The van der Waals surface area contributed by atoms with Crippen LogP contribution in [-0.2, 0) is 0 Å². The first-order valence-corrected chi connectivity index (χ1v) is 24.1. The largest absolute Gasteiger partial charge is 0.437 e. The summed E-state index contributed by atoms with van der Waals surface area (Å²) in [5, 5.41) is 0. The number of rotatable bonds is 9. The average molecular weight is 875 g/mol. The van der Waals surface area contributed by atoms with E-state index in [2.05, 4.69) is 0 Å². The predicted octanol–water partition coefficient (Wildman–Crippen LogP) is 11.2. The third-order valence-corrected chi connectivity index (χ3v) is 15.1. The monoisotopic (exact) mass is 874 g/mol. The normalized spacial score (nSPS) is 20.1. The molecule has 10 rings (SSSR count). The number of hydrogen-bond donors (Lipinski definition) is 0. The van der Waals surface area contributed by atoms with Gasteiger partial charge in [0.25, 0.3) is 33.5 Å². The average Bonchev–Trinajstić information content (AvgIpc) is 3.24. The molecule has 0 fully saturated rings. The van der Waals surface area contributed by atoms with Crippen LogP contribution in [0.5, 0.6) is 46.0 Å². The molecule has 4 aliphatic rings. The molecule has 0 spiro atoms. The summed E-state index contributed by atoms with van der Waals surface area (Å²) in [5.41, 5.74) is 2.48. The molecule has 4 heterocycles. The van der Waals surface area contributed by atoms with Crippen LogP contribution in [0.1, 0.15) is 41.4 Å². The number of carbonyl (C=O) groups excluding carboxylic acids is 4. The van der Waals surface area contributed by atoms with Crippen molar-refractivity contribution < 1.29 is 55.4 Å². The Morgan fingerprint density at radius 2 is 0.550 bits per heavy atom. The van der Waals surface area contributed by atoms with Gasteiger partial charge < -0.3 is 36.2 Å². The van der Waals surface area contributed by atoms with Crippen LogP contribution < -0.4 is 36.2 Å². The number of carbonyl (C=O) groups is 4. The molecule has 0 saturated heterocycles. The van der Waals surface area contributed by atoms with Gasteiger partial charge in [-0.25, -0.2) is 0 Å². The maximum Gasteiger partial charge on any atom is 0.298 e. The minimum atomic E-state index is -1.87. The second-order valence-electron chi connectivity index (χ2n) is 13.6. The van der Waals surface area contributed by atoms with E-state index in [0.29, 0.717) is 56.4 Å². The van der Waals surface area contributed by atoms with Crippen LogP contribution in [0, 0.1) is 0 Å². The molecule has 0 radical (unpaired) electrons. The molecule has 4 atom stereocenters. The van der Waals surface area contributed by atoms with Gasteiger partial charge in [-0.1, -0.05) is 60.7 Å². The Morgan fingerprint density at radius 1 is 0.317 bits per heavy atom. The quantitative estimate of drug-likeness (QED) is 0.128. The Bertz CT molecular complexity index is 2360. The van der Waals surface area contributed by atoms with Crippen molar-refractivity contribution in [3.05, 3.63) is 156 Å². The lowest BCUT2D eigenvalue weighted by molar-refractivity contribution is 0.0998. The van der Waals surface area contributed by atoms with Crippen molar-refractivity contribution in [2.24, 2.45) is 0 Å². The Balaban J connectivity index is 1.09. The molecule has 12 nitrogen and oxygen atoms in total. The van der Waals surface area contributed by atoms with Gasteiger partial charge in [-0.2, -0.15) is 0 Å². The first kappa shape index (κ1) is 38.3. The van der Waals surface area contributed by atoms with Crippen LogP contribution in [0.3, 0.4) is 0 Å². The molecule has 0 aliphatic carbocycles. The van der Waals surface area contributed by atoms with E-state index < -0.39 is 33.5 Å². The van der Waals surface area contributed by atoms with Gasteiger partial charge in [0, 0.05) is 0 Å². The highest BCUT2D eigenvalue weighted by atomic mass is 31.2. The highest BCUT2D eigenvalue weighted by Gasteiger charge is 2.37. The van der Waals surface area contributed by atoms with Gasteiger partial charge >= 0.3 is 0 Å². The van der Waals surface area contributed by atoms with Crippen molar-refractivity contribution in [2.45, 2.75) is 0 Å². The summed E-state index contributed by atoms with van der Waals surface area (Å²) in [4.78, 5) is 53.4. The lowest BCUT2D eigenvalue weighted by Gasteiger charge is -2.30. The highest BCUT2D eigenvalue weighted by Crippen LogP contribution is 2.59. The van der Waals surface area contributed by atoms with Gasteiger partial charge in [0.05, 0.1) is 33.4 Å². The Morgan fingerprint density at radius 3 is 0.800 bits per heavy atom. The second-order valence-corrected chi connectivity index (χ2v) is 19.0. The summed E-state index contributed by atoms with van der Waals surface area (Å²) in [6.45, 7) is 0. The van der Waals surface area contributed by atoms with Crippen LogP contribution in [0.25, 0.3) is 11.1 Å². The topological polar surface area (TPSA) is 142 Å². The van der Waals surface area contributed by atoms with Crippen molar-refractivity contribution in [1.29, 1.82) is 0 Å². The van der Waals surface area contributed by atoms with Crippen molar-refractivity contribution in [3.8, 4) is 57.1 Å². The Hall–Kier alpha value is -5.88. The van der Waals surface area contributed by atoms with E-state index in [4.69, 9.17) is 36.2 Å². The first-order valence-electron chi connectivity index (χ1n) is 18.6. The lowest BCUT2D eigenvalue weighted by Crippen LogP contribution is -2.18. The Kier molecular flexibility index (Phi) is 10.4. The molecular weight excluding hydrogens is 844 g/mol. The number of Topliss-reactive ketones (excluding diaryl/α,β-unsaturated/α-hetero) is 4. The number of fused-ring (bicyclic) bond motifs is 4. The number of ketones is 4. The van der Waals surface area contributed by atoms with Crippen LogP contribution >= 0.6 is 33.5 Å². The standard InChI is InChI=1S/C44H30O12P4/c45-31-23-57(49-35-15-5-1-11-27(31)35)53-39-19-9-20-40(54-58-24-32(46)28-12-2-6-16-36(28)50-58)43(39)44-41(55-59-25-33(47)29-13-3-7-17-37(29)51-59)21-10-22-42(44)56-60-26-34(48)30-14-4-8-18-38(30)52-60/h1-22H,23-26H2. The van der Waals surface area contributed by atoms with E-state index in [9.17, 15) is 19.2 Å². The maximum absolute atomic E-state index is 13.3. The molecule has 6 aromatic rings. The molecule has 4 unspecified atom stereocenters. The van der Waals surface area contributed by atoms with E-state index in [1.165, 1.54) is 0 Å². The molecule has 60 heavy (non-hydrogen) atoms. The van der Waals surface area contributed by atoms with Crippen molar-refractivity contribution in [2.75, 3.05) is 24.6 Å². The molecule has 0 amide bonds. The second kappa shape index (κ2) is 16.3. The van der Waals surface area contributed by atoms with Gasteiger partial charge in [0.1, 0.15) is 70.6 Å². The summed E-state index contributed by atoms with van der Waals surface area (Å²) < 4.78 is 51.8. The van der Waals surface area contributed by atoms with Crippen LogP contribution in [0.2, 0.25) is 0 Å². The molecule has 0 saturated carbocycles. The first-order chi connectivity index (χ1) is 29.3. The minimum Gasteiger partial charge on any atom is -0.437 e. The van der Waals surface area contributed by atoms with Gasteiger partial charge in [-0.3, -0.25) is 19.2 Å². The van der Waals surface area contributed by atoms with Gasteiger partial charge in [-0.05, 0) is 72.8 Å². The zero-order chi connectivity index (χ0) is 40.7. The highest BCUT2D eigenvalue weighted by molar-refractivity contribution is 7.50. The van der Waals surface area contributed by atoms with Crippen LogP contribution in [0.4, 0.5) is 0 Å². The molecule has 0 N–H and O–H groups in total. The van der Waals surface area contributed by atoms with Crippen molar-refractivity contribution in [1.82, 2.24) is 0 Å². The van der Waals surface area contributed by atoms with Crippen molar-refractivity contribution in [3.63, 3.8) is 0 Å². The molecule has 4 aliphatic heterocycles. The zero-order valence-corrected chi connectivity index (χ0v) is 34.8. The fraction of sp³-hybridized carbons (Fsp3) is 0.0909. The molecule has 16 heteroatoms. The van der Waals surface area contributed by atoms with Gasteiger partial charge in [0.2, 0.25) is 0 Å². The summed E-state index contributed by atoms with van der Waals surface area (Å²) in [6.07, 6.45) is -0.108. The van der Waals surface area contributed by atoms with E-state index >= 15 is 0 Å². The van der Waals surface area contributed by atoms with E-state index in [1.807, 2.05) is 0 Å². The Labute approximate surface area is 348 Å². The summed E-state index contributed by atoms with van der Waals surface area (Å²) >= 11 is 0. The third kappa shape index (κ3) is 7.57. The number of para-hydroxylation sites is 4. The fourth-order valence-corrected chi connectivity index (χ4v) is 12.2. The third-order valence-electron chi connectivity index (χ3n) is 9.67. The molecule has 6 aromatic carbocycles. The van der Waals surface area contributed by atoms with Gasteiger partial charge in [0.15, 0.2) is 23.1 Å². The van der Waals surface area contributed by atoms with E-state index in [1.54, 1.807) is 133 Å².